The number of carboxylic acid groups (broad SMARTS) is 1. The van der Waals surface area contributed by atoms with Crippen molar-refractivity contribution >= 4 is 21.8 Å². The first-order valence-corrected chi connectivity index (χ1v) is 7.79. The normalized spacial score (nSPS) is 12.0. The van der Waals surface area contributed by atoms with E-state index >= 15 is 0 Å². The van der Waals surface area contributed by atoms with Crippen molar-refractivity contribution in [3.05, 3.63) is 0 Å². The molecular formula is C11H22N2O5S. The third-order valence-electron chi connectivity index (χ3n) is 2.48. The summed E-state index contributed by atoms with van der Waals surface area (Å²) in [6, 6.07) is -0.582. The first-order chi connectivity index (χ1) is 8.49. The molecule has 2 N–H and O–H groups in total. The molecule has 0 aliphatic heterocycles. The Hall–Kier alpha value is -1.31. The van der Waals surface area contributed by atoms with Crippen LogP contribution in [0.4, 0.5) is 4.79 Å². The van der Waals surface area contributed by atoms with Gasteiger partial charge in [0.2, 0.25) is 0 Å². The smallest absolute Gasteiger partial charge is 0.323 e. The quantitative estimate of drug-likeness (QED) is 0.734. The second-order valence-electron chi connectivity index (χ2n) is 5.12. The number of carboxylic acids is 1. The van der Waals surface area contributed by atoms with Crippen LogP contribution in [0.2, 0.25) is 0 Å². The van der Waals surface area contributed by atoms with Crippen LogP contribution >= 0.6 is 0 Å². The molecule has 0 rings (SSSR count). The fourth-order valence-electron chi connectivity index (χ4n) is 1.30. The molecule has 0 aromatic rings. The summed E-state index contributed by atoms with van der Waals surface area (Å²) < 4.78 is 22.5. The third kappa shape index (κ3) is 7.00. The topological polar surface area (TPSA) is 104 Å². The predicted octanol–water partition coefficient (Wildman–Crippen LogP) is 0.316. The van der Waals surface area contributed by atoms with Gasteiger partial charge in [-0.3, -0.25) is 4.79 Å². The molecule has 0 fully saturated rings. The van der Waals surface area contributed by atoms with Crippen LogP contribution in [0, 0.1) is 0 Å². The second-order valence-corrected chi connectivity index (χ2v) is 7.59. The molecule has 0 saturated heterocycles. The van der Waals surface area contributed by atoms with Gasteiger partial charge in [-0.2, -0.15) is 0 Å². The zero-order valence-electron chi connectivity index (χ0n) is 11.8. The van der Waals surface area contributed by atoms with Crippen molar-refractivity contribution in [3.63, 3.8) is 0 Å². The summed E-state index contributed by atoms with van der Waals surface area (Å²) in [4.78, 5) is 23.7. The van der Waals surface area contributed by atoms with Gasteiger partial charge < -0.3 is 15.3 Å². The van der Waals surface area contributed by atoms with E-state index in [1.807, 2.05) is 0 Å². The Morgan fingerprint density at radius 1 is 1.26 bits per heavy atom. The van der Waals surface area contributed by atoms with E-state index in [1.54, 1.807) is 20.8 Å². The number of amides is 2. The van der Waals surface area contributed by atoms with Gasteiger partial charge in [-0.25, -0.2) is 13.2 Å². The minimum atomic E-state index is -3.15. The Kier molecular flexibility index (Phi) is 6.28. The molecule has 0 atom stereocenters. The molecule has 0 aliphatic carbocycles. The van der Waals surface area contributed by atoms with Gasteiger partial charge in [0.15, 0.2) is 9.84 Å². The highest BCUT2D eigenvalue weighted by atomic mass is 32.2. The van der Waals surface area contributed by atoms with Gasteiger partial charge in [0.1, 0.15) is 6.54 Å². The van der Waals surface area contributed by atoms with E-state index in [-0.39, 0.29) is 18.1 Å². The van der Waals surface area contributed by atoms with Gasteiger partial charge in [0.25, 0.3) is 0 Å². The van der Waals surface area contributed by atoms with Gasteiger partial charge in [-0.1, -0.05) is 6.92 Å². The fraction of sp³-hybridized carbons (Fsp3) is 0.818. The highest BCUT2D eigenvalue weighted by Gasteiger charge is 2.28. The van der Waals surface area contributed by atoms with Crippen molar-refractivity contribution in [2.75, 3.05) is 24.6 Å². The van der Waals surface area contributed by atoms with Crippen molar-refractivity contribution in [3.8, 4) is 0 Å². The van der Waals surface area contributed by atoms with Crippen LogP contribution in [-0.2, 0) is 14.6 Å². The van der Waals surface area contributed by atoms with Crippen LogP contribution in [0.3, 0.4) is 0 Å². The number of hydrogen-bond donors (Lipinski definition) is 2. The van der Waals surface area contributed by atoms with Crippen LogP contribution in [-0.4, -0.2) is 60.6 Å². The van der Waals surface area contributed by atoms with Crippen molar-refractivity contribution in [2.45, 2.75) is 33.2 Å². The van der Waals surface area contributed by atoms with Gasteiger partial charge in [0.05, 0.1) is 5.75 Å². The number of carbonyl (C=O) groups excluding carboxylic acids is 1. The highest BCUT2D eigenvalue weighted by molar-refractivity contribution is 7.91. The summed E-state index contributed by atoms with van der Waals surface area (Å²) >= 11 is 0. The number of nitrogens with one attached hydrogen (secondary N) is 1. The molecule has 19 heavy (non-hydrogen) atoms. The van der Waals surface area contributed by atoms with Crippen molar-refractivity contribution in [1.82, 2.24) is 10.2 Å². The maximum atomic E-state index is 11.9. The summed E-state index contributed by atoms with van der Waals surface area (Å²) in [6.07, 6.45) is 0. The minimum absolute atomic E-state index is 0.0149. The number of sulfone groups is 1. The minimum Gasteiger partial charge on any atom is -0.480 e. The maximum absolute atomic E-state index is 11.9. The number of carbonyl (C=O) groups is 2. The van der Waals surface area contributed by atoms with Crippen LogP contribution in [0.15, 0.2) is 0 Å². The lowest BCUT2D eigenvalue weighted by Crippen LogP contribution is -2.53. The molecule has 0 aromatic carbocycles. The molecule has 0 bridgehead atoms. The van der Waals surface area contributed by atoms with Gasteiger partial charge in [-0.05, 0) is 20.8 Å². The highest BCUT2D eigenvalue weighted by Crippen LogP contribution is 2.12. The summed E-state index contributed by atoms with van der Waals surface area (Å²) in [5.41, 5.74) is -0.661. The molecule has 112 valence electrons. The fourth-order valence-corrected chi connectivity index (χ4v) is 2.00. The lowest BCUT2D eigenvalue weighted by molar-refractivity contribution is -0.138. The van der Waals surface area contributed by atoms with E-state index in [1.165, 1.54) is 6.92 Å². The Labute approximate surface area is 113 Å². The Balaban J connectivity index is 4.55. The second kappa shape index (κ2) is 6.74. The number of rotatable bonds is 6. The summed E-state index contributed by atoms with van der Waals surface area (Å²) in [5.74, 6) is -1.26. The molecule has 7 nitrogen and oxygen atoms in total. The van der Waals surface area contributed by atoms with Crippen LogP contribution in [0.25, 0.3) is 0 Å². The zero-order chi connectivity index (χ0) is 15.3. The molecule has 0 spiro atoms. The van der Waals surface area contributed by atoms with Gasteiger partial charge >= 0.3 is 12.0 Å². The van der Waals surface area contributed by atoms with E-state index in [2.05, 4.69) is 5.32 Å². The van der Waals surface area contributed by atoms with Crippen LogP contribution in [0.5, 0.6) is 0 Å². The van der Waals surface area contributed by atoms with Crippen LogP contribution < -0.4 is 5.32 Å². The van der Waals surface area contributed by atoms with E-state index in [4.69, 9.17) is 5.11 Å². The first kappa shape index (κ1) is 17.7. The molecule has 8 heteroatoms. The average molecular weight is 294 g/mol. The van der Waals surface area contributed by atoms with Crippen LogP contribution in [0.1, 0.15) is 27.7 Å². The Morgan fingerprint density at radius 2 is 1.79 bits per heavy atom. The largest absolute Gasteiger partial charge is 0.480 e. The molecule has 0 aromatic heterocycles. The van der Waals surface area contributed by atoms with Crippen molar-refractivity contribution in [1.29, 1.82) is 0 Å². The molecule has 0 saturated carbocycles. The molecule has 0 unspecified atom stereocenters. The van der Waals surface area contributed by atoms with Crippen molar-refractivity contribution < 1.29 is 23.1 Å². The number of aliphatic carboxylic acids is 1. The number of hydrogen-bond acceptors (Lipinski definition) is 4. The molecular weight excluding hydrogens is 272 g/mol. The Morgan fingerprint density at radius 3 is 2.16 bits per heavy atom. The maximum Gasteiger partial charge on any atom is 0.323 e. The number of nitrogens with zero attached hydrogens (tertiary/aromatic N) is 1. The van der Waals surface area contributed by atoms with Gasteiger partial charge in [-0.15, -0.1) is 0 Å². The Bertz CT molecular complexity index is 425. The molecule has 2 amide bonds. The standard InChI is InChI=1S/C11H22N2O5S/c1-5-19(17,18)7-6-12-10(16)13(8-9(14)15)11(2,3)4/h5-8H2,1-4H3,(H,12,16)(H,14,15). The monoisotopic (exact) mass is 294 g/mol. The molecule has 0 heterocycles. The van der Waals surface area contributed by atoms with E-state index in [9.17, 15) is 18.0 Å². The van der Waals surface area contributed by atoms with Crippen molar-refractivity contribution in [2.24, 2.45) is 0 Å². The molecule has 0 aliphatic rings. The van der Waals surface area contributed by atoms with E-state index in [0.717, 1.165) is 4.90 Å². The first-order valence-electron chi connectivity index (χ1n) is 5.97. The van der Waals surface area contributed by atoms with E-state index in [0.29, 0.717) is 0 Å². The lowest BCUT2D eigenvalue weighted by atomic mass is 10.1. The number of urea groups is 1. The van der Waals surface area contributed by atoms with E-state index < -0.39 is 33.9 Å². The summed E-state index contributed by atoms with van der Waals surface area (Å²) in [5, 5.41) is 11.2. The average Bonchev–Trinajstić information content (AvgIpc) is 2.23. The summed E-state index contributed by atoms with van der Waals surface area (Å²) in [6.45, 7) is 6.19. The molecule has 0 radical (unpaired) electrons. The zero-order valence-corrected chi connectivity index (χ0v) is 12.6. The summed E-state index contributed by atoms with van der Waals surface area (Å²) in [7, 11) is -3.15. The van der Waals surface area contributed by atoms with Gasteiger partial charge in [0, 0.05) is 17.8 Å². The SMILES string of the molecule is CCS(=O)(=O)CCNC(=O)N(CC(=O)O)C(C)(C)C. The lowest BCUT2D eigenvalue weighted by Gasteiger charge is -2.34. The third-order valence-corrected chi connectivity index (χ3v) is 4.18. The predicted molar refractivity (Wildman–Crippen MR) is 71.8 cm³/mol.